The molecule has 0 fully saturated rings. The molecule has 0 radical (unpaired) electrons. The third kappa shape index (κ3) is 8.37. The number of anilines is 2. The van der Waals surface area contributed by atoms with Crippen LogP contribution in [0.15, 0.2) is 106 Å². The Morgan fingerprint density at radius 1 is 0.909 bits per heavy atom. The van der Waals surface area contributed by atoms with Gasteiger partial charge in [-0.1, -0.05) is 53.5 Å². The number of nitrogens with one attached hydrogen (secondary N) is 3. The first-order valence-electron chi connectivity index (χ1n) is 13.2. The predicted octanol–water partition coefficient (Wildman–Crippen LogP) is 8.71. The van der Waals surface area contributed by atoms with Gasteiger partial charge in [0.2, 0.25) is 5.91 Å². The normalized spacial score (nSPS) is 11.9. The first kappa shape index (κ1) is 31.5. The molecule has 0 saturated carbocycles. The second kappa shape index (κ2) is 14.7. The second-order valence-corrected chi connectivity index (χ2v) is 13.2. The fourth-order valence-electron chi connectivity index (χ4n) is 3.90. The van der Waals surface area contributed by atoms with Crippen molar-refractivity contribution in [1.29, 1.82) is 0 Å². The SMILES string of the molecule is CC(Sc1cccc(NC(=O)/C(=C/c2ccsc2)NC(=O)c2ccccc2)c1)C(=O)Nc1nc(-c2ccc(Cl)c(Cl)c2)cs1. The molecule has 2 heterocycles. The van der Waals surface area contributed by atoms with E-state index in [1.807, 2.05) is 40.4 Å². The van der Waals surface area contributed by atoms with Crippen molar-refractivity contribution >= 4 is 92.3 Å². The lowest BCUT2D eigenvalue weighted by molar-refractivity contribution is -0.115. The molecule has 7 nitrogen and oxygen atoms in total. The van der Waals surface area contributed by atoms with E-state index in [0.717, 1.165) is 16.0 Å². The number of thiazole rings is 1. The van der Waals surface area contributed by atoms with Gasteiger partial charge in [-0.15, -0.1) is 23.1 Å². The number of nitrogens with zero attached hydrogens (tertiary/aromatic N) is 1. The molecule has 0 spiro atoms. The number of hydrogen-bond donors (Lipinski definition) is 3. The van der Waals surface area contributed by atoms with Crippen LogP contribution in [0.1, 0.15) is 22.8 Å². The van der Waals surface area contributed by atoms with Gasteiger partial charge in [-0.2, -0.15) is 11.3 Å². The predicted molar refractivity (Wildman–Crippen MR) is 183 cm³/mol. The Labute approximate surface area is 276 Å². The molecular weight excluding hydrogens is 655 g/mol. The zero-order valence-corrected chi connectivity index (χ0v) is 27.0. The maximum Gasteiger partial charge on any atom is 0.272 e. The Hall–Kier alpha value is -3.93. The molecule has 0 saturated heterocycles. The van der Waals surface area contributed by atoms with Gasteiger partial charge in [0, 0.05) is 27.1 Å². The highest BCUT2D eigenvalue weighted by Crippen LogP contribution is 2.31. The van der Waals surface area contributed by atoms with E-state index in [9.17, 15) is 14.4 Å². The lowest BCUT2D eigenvalue weighted by Gasteiger charge is -2.13. The summed E-state index contributed by atoms with van der Waals surface area (Å²) >= 11 is 16.3. The average molecular weight is 680 g/mol. The van der Waals surface area contributed by atoms with Gasteiger partial charge in [0.05, 0.1) is 21.0 Å². The van der Waals surface area contributed by atoms with Crippen LogP contribution in [0.2, 0.25) is 10.0 Å². The van der Waals surface area contributed by atoms with Crippen LogP contribution < -0.4 is 16.0 Å². The van der Waals surface area contributed by atoms with E-state index < -0.39 is 17.1 Å². The van der Waals surface area contributed by atoms with E-state index in [4.69, 9.17) is 23.2 Å². The Balaban J connectivity index is 1.22. The van der Waals surface area contributed by atoms with E-state index in [1.54, 1.807) is 67.6 Å². The van der Waals surface area contributed by atoms with Gasteiger partial charge in [0.1, 0.15) is 5.70 Å². The van der Waals surface area contributed by atoms with Crippen molar-refractivity contribution in [3.05, 3.63) is 122 Å². The molecule has 3 aromatic carbocycles. The summed E-state index contributed by atoms with van der Waals surface area (Å²) in [6.07, 6.45) is 1.63. The van der Waals surface area contributed by atoms with Gasteiger partial charge in [-0.05, 0) is 77.9 Å². The number of thioether (sulfide) groups is 1. The van der Waals surface area contributed by atoms with Gasteiger partial charge in [-0.25, -0.2) is 4.98 Å². The first-order valence-corrected chi connectivity index (χ1v) is 16.6. The van der Waals surface area contributed by atoms with Gasteiger partial charge >= 0.3 is 0 Å². The zero-order chi connectivity index (χ0) is 31.1. The number of aromatic nitrogens is 1. The summed E-state index contributed by atoms with van der Waals surface area (Å²) in [6, 6.07) is 23.0. The number of benzene rings is 3. The highest BCUT2D eigenvalue weighted by atomic mass is 35.5. The number of carbonyl (C=O) groups excluding carboxylic acids is 3. The van der Waals surface area contributed by atoms with Crippen LogP contribution in [-0.2, 0) is 9.59 Å². The number of hydrogen-bond acceptors (Lipinski definition) is 7. The molecule has 0 aliphatic carbocycles. The summed E-state index contributed by atoms with van der Waals surface area (Å²) in [7, 11) is 0. The Morgan fingerprint density at radius 2 is 1.73 bits per heavy atom. The van der Waals surface area contributed by atoms with Crippen molar-refractivity contribution in [2.45, 2.75) is 17.1 Å². The Bertz CT molecular complexity index is 1830. The molecule has 2 aromatic heterocycles. The summed E-state index contributed by atoms with van der Waals surface area (Å²) < 4.78 is 0. The number of thiophene rings is 1. The third-order valence-electron chi connectivity index (χ3n) is 6.11. The van der Waals surface area contributed by atoms with Crippen molar-refractivity contribution in [2.24, 2.45) is 0 Å². The molecule has 44 heavy (non-hydrogen) atoms. The van der Waals surface area contributed by atoms with Crippen LogP contribution in [0, 0.1) is 0 Å². The minimum Gasteiger partial charge on any atom is -0.321 e. The van der Waals surface area contributed by atoms with E-state index >= 15 is 0 Å². The zero-order valence-electron chi connectivity index (χ0n) is 23.0. The third-order valence-corrected chi connectivity index (χ3v) is 9.40. The maximum atomic E-state index is 13.3. The summed E-state index contributed by atoms with van der Waals surface area (Å²) in [5, 5.41) is 15.0. The molecule has 3 N–H and O–H groups in total. The number of rotatable bonds is 10. The summed E-state index contributed by atoms with van der Waals surface area (Å²) in [5.41, 5.74) is 3.33. The Kier molecular flexibility index (Phi) is 10.5. The van der Waals surface area contributed by atoms with Gasteiger partial charge in [-0.3, -0.25) is 14.4 Å². The minimum absolute atomic E-state index is 0.103. The molecule has 5 aromatic rings. The minimum atomic E-state index is -0.477. The first-order chi connectivity index (χ1) is 21.2. The molecule has 5 rings (SSSR count). The van der Waals surface area contributed by atoms with E-state index in [2.05, 4.69) is 20.9 Å². The van der Waals surface area contributed by atoms with Crippen molar-refractivity contribution in [2.75, 3.05) is 10.6 Å². The second-order valence-electron chi connectivity index (χ2n) is 9.33. The molecule has 0 aliphatic rings. The molecule has 0 bridgehead atoms. The summed E-state index contributed by atoms with van der Waals surface area (Å²) in [4.78, 5) is 44.4. The lowest BCUT2D eigenvalue weighted by Crippen LogP contribution is -2.30. The monoisotopic (exact) mass is 678 g/mol. The quantitative estimate of drug-likeness (QED) is 0.101. The molecule has 1 atom stereocenters. The largest absolute Gasteiger partial charge is 0.321 e. The summed E-state index contributed by atoms with van der Waals surface area (Å²) in [5.74, 6) is -1.09. The van der Waals surface area contributed by atoms with Crippen molar-refractivity contribution in [3.63, 3.8) is 0 Å². The van der Waals surface area contributed by atoms with Gasteiger partial charge in [0.15, 0.2) is 5.13 Å². The molecule has 1 unspecified atom stereocenters. The topological polar surface area (TPSA) is 100 Å². The number of amides is 3. The molecule has 12 heteroatoms. The smallest absolute Gasteiger partial charge is 0.272 e. The summed E-state index contributed by atoms with van der Waals surface area (Å²) in [6.45, 7) is 1.79. The van der Waals surface area contributed by atoms with Crippen molar-refractivity contribution < 1.29 is 14.4 Å². The van der Waals surface area contributed by atoms with E-state index in [1.165, 1.54) is 34.4 Å². The van der Waals surface area contributed by atoms with Crippen LogP contribution >= 0.6 is 57.6 Å². The fourth-order valence-corrected chi connectivity index (χ4v) is 6.46. The molecule has 222 valence electrons. The Morgan fingerprint density at radius 3 is 2.48 bits per heavy atom. The van der Waals surface area contributed by atoms with Crippen LogP contribution in [0.4, 0.5) is 10.8 Å². The fraction of sp³-hybridized carbons (Fsp3) is 0.0625. The maximum absolute atomic E-state index is 13.3. The number of carbonyl (C=O) groups is 3. The number of halogens is 2. The van der Waals surface area contributed by atoms with E-state index in [-0.39, 0.29) is 11.6 Å². The lowest BCUT2D eigenvalue weighted by atomic mass is 10.2. The van der Waals surface area contributed by atoms with Crippen LogP contribution in [-0.4, -0.2) is 28.0 Å². The van der Waals surface area contributed by atoms with Crippen LogP contribution in [0.3, 0.4) is 0 Å². The van der Waals surface area contributed by atoms with Crippen LogP contribution in [0.5, 0.6) is 0 Å². The van der Waals surface area contributed by atoms with Crippen molar-refractivity contribution in [1.82, 2.24) is 10.3 Å². The van der Waals surface area contributed by atoms with Crippen LogP contribution in [0.25, 0.3) is 17.3 Å². The highest BCUT2D eigenvalue weighted by molar-refractivity contribution is 8.00. The van der Waals surface area contributed by atoms with Gasteiger partial charge in [0.25, 0.3) is 11.8 Å². The molecule has 0 aliphatic heterocycles. The standard InChI is InChI=1S/C32H24Cl2N4O3S3/c1-19(29(39)38-32-37-28(18-43-32)22-10-11-25(33)26(34)15-22)44-24-9-5-8-23(16-24)35-31(41)27(14-20-12-13-42-17-20)36-30(40)21-6-3-2-4-7-21/h2-19H,1H3,(H,35,41)(H,36,40)(H,37,38,39)/b27-14-. The van der Waals surface area contributed by atoms with Gasteiger partial charge < -0.3 is 16.0 Å². The average Bonchev–Trinajstić information content (AvgIpc) is 3.71. The van der Waals surface area contributed by atoms with Crippen molar-refractivity contribution in [3.8, 4) is 11.3 Å². The van der Waals surface area contributed by atoms with E-state index in [0.29, 0.717) is 32.1 Å². The molecular formula is C32H24Cl2N4O3S3. The highest BCUT2D eigenvalue weighted by Gasteiger charge is 2.19. The molecule has 3 amide bonds.